The van der Waals surface area contributed by atoms with Gasteiger partial charge in [0, 0.05) is 25.2 Å². The highest BCUT2D eigenvalue weighted by Crippen LogP contribution is 2.24. The summed E-state index contributed by atoms with van der Waals surface area (Å²) in [5, 5.41) is 5.23. The number of carbonyl (C=O) groups excluding carboxylic acids is 2. The molecule has 26 heavy (non-hydrogen) atoms. The number of likely N-dealkylation sites (N-methyl/N-ethyl adjacent to an activating group) is 1. The van der Waals surface area contributed by atoms with Gasteiger partial charge in [-0.05, 0) is 51.3 Å². The number of nitrogens with zero attached hydrogens (tertiary/aromatic N) is 1. The number of sulfonamides is 1. The van der Waals surface area contributed by atoms with Crippen molar-refractivity contribution in [3.63, 3.8) is 0 Å². The van der Waals surface area contributed by atoms with Crippen molar-refractivity contribution in [1.29, 1.82) is 0 Å². The largest absolute Gasteiger partial charge is 0.355 e. The molecule has 0 saturated carbocycles. The van der Waals surface area contributed by atoms with Gasteiger partial charge < -0.3 is 10.6 Å². The van der Waals surface area contributed by atoms with E-state index in [2.05, 4.69) is 10.6 Å². The highest BCUT2D eigenvalue weighted by atomic mass is 32.2. The maximum Gasteiger partial charge on any atom is 0.251 e. The Morgan fingerprint density at radius 2 is 1.85 bits per heavy atom. The maximum atomic E-state index is 12.9. The lowest BCUT2D eigenvalue weighted by atomic mass is 10.1. The number of benzene rings is 1. The Kier molecular flexibility index (Phi) is 6.77. The van der Waals surface area contributed by atoms with E-state index in [1.54, 1.807) is 32.9 Å². The van der Waals surface area contributed by atoms with Crippen molar-refractivity contribution in [2.24, 2.45) is 0 Å². The number of hydrogen-bond acceptors (Lipinski definition) is 4. The molecular formula is C18H27N3O4S. The van der Waals surface area contributed by atoms with Crippen LogP contribution in [-0.4, -0.2) is 50.2 Å². The maximum absolute atomic E-state index is 12.9. The summed E-state index contributed by atoms with van der Waals surface area (Å²) in [4.78, 5) is 24.3. The van der Waals surface area contributed by atoms with E-state index in [1.807, 2.05) is 0 Å². The van der Waals surface area contributed by atoms with Gasteiger partial charge in [0.15, 0.2) is 0 Å². The Morgan fingerprint density at radius 3 is 2.46 bits per heavy atom. The Hall–Kier alpha value is -1.93. The van der Waals surface area contributed by atoms with Crippen LogP contribution in [0, 0.1) is 6.92 Å². The third-order valence-corrected chi connectivity index (χ3v) is 6.52. The fourth-order valence-corrected chi connectivity index (χ4v) is 4.70. The molecule has 7 nitrogen and oxygen atoms in total. The quantitative estimate of drug-likeness (QED) is 0.779. The number of nitrogens with one attached hydrogen (secondary N) is 2. The minimum atomic E-state index is -3.63. The van der Waals surface area contributed by atoms with Crippen LogP contribution in [-0.2, 0) is 14.8 Å². The van der Waals surface area contributed by atoms with Gasteiger partial charge in [0.2, 0.25) is 15.9 Å². The van der Waals surface area contributed by atoms with Crippen molar-refractivity contribution in [1.82, 2.24) is 14.9 Å². The Labute approximate surface area is 155 Å². The lowest BCUT2D eigenvalue weighted by Crippen LogP contribution is -2.44. The standard InChI is InChI=1S/C18H27N3O4S/c1-4-19-17(22)14(3)20-18(23)15-9-8-13(2)16(12-15)26(24,25)21-10-6-5-7-11-21/h8-9,12,14H,4-7,10-11H2,1-3H3,(H,19,22)(H,20,23)/t14-/m1/s1. The van der Waals surface area contributed by atoms with Gasteiger partial charge >= 0.3 is 0 Å². The van der Waals surface area contributed by atoms with Crippen molar-refractivity contribution in [2.75, 3.05) is 19.6 Å². The molecule has 0 bridgehead atoms. The summed E-state index contributed by atoms with van der Waals surface area (Å²) < 4.78 is 27.3. The van der Waals surface area contributed by atoms with E-state index in [9.17, 15) is 18.0 Å². The van der Waals surface area contributed by atoms with Crippen LogP contribution in [0.4, 0.5) is 0 Å². The predicted molar refractivity (Wildman–Crippen MR) is 99.4 cm³/mol. The SMILES string of the molecule is CCNC(=O)[C@@H](C)NC(=O)c1ccc(C)c(S(=O)(=O)N2CCCCC2)c1. The minimum Gasteiger partial charge on any atom is -0.355 e. The molecular weight excluding hydrogens is 354 g/mol. The van der Waals surface area contributed by atoms with Crippen molar-refractivity contribution >= 4 is 21.8 Å². The topological polar surface area (TPSA) is 95.6 Å². The summed E-state index contributed by atoms with van der Waals surface area (Å²) >= 11 is 0. The molecule has 2 N–H and O–H groups in total. The molecule has 1 aromatic carbocycles. The van der Waals surface area contributed by atoms with Gasteiger partial charge in [-0.15, -0.1) is 0 Å². The minimum absolute atomic E-state index is 0.151. The van der Waals surface area contributed by atoms with Crippen LogP contribution in [0.15, 0.2) is 23.1 Å². The average molecular weight is 381 g/mol. The number of amides is 2. The van der Waals surface area contributed by atoms with Crippen molar-refractivity contribution in [3.05, 3.63) is 29.3 Å². The lowest BCUT2D eigenvalue weighted by molar-refractivity contribution is -0.122. The number of carbonyl (C=O) groups is 2. The van der Waals surface area contributed by atoms with Crippen LogP contribution in [0.25, 0.3) is 0 Å². The fourth-order valence-electron chi connectivity index (χ4n) is 2.94. The van der Waals surface area contributed by atoms with Gasteiger partial charge in [-0.1, -0.05) is 12.5 Å². The van der Waals surface area contributed by atoms with E-state index in [1.165, 1.54) is 10.4 Å². The summed E-state index contributed by atoms with van der Waals surface area (Å²) in [6.07, 6.45) is 2.73. The summed E-state index contributed by atoms with van der Waals surface area (Å²) in [7, 11) is -3.63. The van der Waals surface area contributed by atoms with Crippen LogP contribution >= 0.6 is 0 Å². The number of hydrogen-bond donors (Lipinski definition) is 2. The second kappa shape index (κ2) is 8.64. The molecule has 0 aliphatic carbocycles. The van der Waals surface area contributed by atoms with Crippen LogP contribution in [0.5, 0.6) is 0 Å². The average Bonchev–Trinajstić information content (AvgIpc) is 2.62. The molecule has 1 saturated heterocycles. The van der Waals surface area contributed by atoms with Crippen LogP contribution in [0.1, 0.15) is 49.0 Å². The molecule has 144 valence electrons. The zero-order valence-electron chi connectivity index (χ0n) is 15.5. The second-order valence-electron chi connectivity index (χ2n) is 6.53. The molecule has 1 atom stereocenters. The molecule has 1 aromatic rings. The zero-order chi connectivity index (χ0) is 19.3. The lowest BCUT2D eigenvalue weighted by Gasteiger charge is -2.26. The molecule has 2 amide bonds. The predicted octanol–water partition coefficient (Wildman–Crippen LogP) is 1.42. The first-order valence-corrected chi connectivity index (χ1v) is 10.4. The van der Waals surface area contributed by atoms with E-state index in [0.717, 1.165) is 19.3 Å². The smallest absolute Gasteiger partial charge is 0.251 e. The van der Waals surface area contributed by atoms with Gasteiger partial charge in [-0.3, -0.25) is 9.59 Å². The van der Waals surface area contributed by atoms with Crippen molar-refractivity contribution < 1.29 is 18.0 Å². The van der Waals surface area contributed by atoms with E-state index < -0.39 is 22.0 Å². The molecule has 8 heteroatoms. The van der Waals surface area contributed by atoms with E-state index in [0.29, 0.717) is 25.2 Å². The number of rotatable bonds is 6. The first-order chi connectivity index (χ1) is 12.3. The Bertz CT molecular complexity index is 771. The van der Waals surface area contributed by atoms with Crippen molar-refractivity contribution in [3.8, 4) is 0 Å². The van der Waals surface area contributed by atoms with Crippen LogP contribution in [0.2, 0.25) is 0 Å². The van der Waals surface area contributed by atoms with Gasteiger partial charge in [0.05, 0.1) is 4.90 Å². The molecule has 0 spiro atoms. The summed E-state index contributed by atoms with van der Waals surface area (Å²) in [5.41, 5.74) is 0.825. The van der Waals surface area contributed by atoms with Gasteiger partial charge in [-0.2, -0.15) is 4.31 Å². The van der Waals surface area contributed by atoms with Crippen molar-refractivity contribution in [2.45, 2.75) is 51.0 Å². The van der Waals surface area contributed by atoms with Crippen LogP contribution in [0.3, 0.4) is 0 Å². The Balaban J connectivity index is 2.23. The molecule has 0 aromatic heterocycles. The molecule has 1 aliphatic heterocycles. The molecule has 0 unspecified atom stereocenters. The summed E-state index contributed by atoms with van der Waals surface area (Å²) in [5.74, 6) is -0.757. The number of piperidine rings is 1. The molecule has 0 radical (unpaired) electrons. The van der Waals surface area contributed by atoms with Gasteiger partial charge in [0.25, 0.3) is 5.91 Å². The molecule has 1 fully saturated rings. The summed E-state index contributed by atoms with van der Waals surface area (Å²) in [6, 6.07) is 3.90. The third-order valence-electron chi connectivity index (χ3n) is 4.48. The van der Waals surface area contributed by atoms with Crippen LogP contribution < -0.4 is 10.6 Å². The van der Waals surface area contributed by atoms with E-state index in [-0.39, 0.29) is 16.4 Å². The number of aryl methyl sites for hydroxylation is 1. The highest BCUT2D eigenvalue weighted by molar-refractivity contribution is 7.89. The second-order valence-corrected chi connectivity index (χ2v) is 8.44. The summed E-state index contributed by atoms with van der Waals surface area (Å²) in [6.45, 7) is 6.59. The fraction of sp³-hybridized carbons (Fsp3) is 0.556. The normalized spacial score (nSPS) is 16.7. The Morgan fingerprint density at radius 1 is 1.19 bits per heavy atom. The third kappa shape index (κ3) is 4.62. The first kappa shape index (κ1) is 20.4. The van der Waals surface area contributed by atoms with E-state index >= 15 is 0 Å². The van der Waals surface area contributed by atoms with E-state index in [4.69, 9.17) is 0 Å². The highest BCUT2D eigenvalue weighted by Gasteiger charge is 2.28. The monoisotopic (exact) mass is 381 g/mol. The molecule has 2 rings (SSSR count). The van der Waals surface area contributed by atoms with Gasteiger partial charge in [-0.25, -0.2) is 8.42 Å². The first-order valence-electron chi connectivity index (χ1n) is 8.96. The molecule has 1 heterocycles. The van der Waals surface area contributed by atoms with Gasteiger partial charge in [0.1, 0.15) is 6.04 Å². The zero-order valence-corrected chi connectivity index (χ0v) is 16.4. The molecule has 1 aliphatic rings.